The van der Waals surface area contributed by atoms with E-state index in [1.54, 1.807) is 7.11 Å². The third-order valence-corrected chi connectivity index (χ3v) is 8.15. The van der Waals surface area contributed by atoms with Gasteiger partial charge in [0, 0.05) is 0 Å². The van der Waals surface area contributed by atoms with E-state index < -0.39 is 0 Å². The molecule has 6 rings (SSSR count). The number of hydrogen-bond acceptors (Lipinski definition) is 1. The number of methoxy groups -OCH3 is 1. The van der Waals surface area contributed by atoms with Gasteiger partial charge < -0.3 is 0 Å². The summed E-state index contributed by atoms with van der Waals surface area (Å²) in [5.74, 6) is 2.10. The summed E-state index contributed by atoms with van der Waals surface area (Å²) in [5, 5.41) is 5.12. The van der Waals surface area contributed by atoms with Crippen molar-refractivity contribution in [3.63, 3.8) is 0 Å². The molecule has 0 unspecified atom stereocenters. The first-order chi connectivity index (χ1) is 15.5. The second-order valence-electron chi connectivity index (χ2n) is 8.49. The van der Waals surface area contributed by atoms with Gasteiger partial charge in [-0.1, -0.05) is 0 Å². The number of ether oxygens (including phenoxy) is 1. The van der Waals surface area contributed by atoms with Crippen LogP contribution in [0.5, 0.6) is 5.75 Å². The van der Waals surface area contributed by atoms with Gasteiger partial charge in [-0.2, -0.15) is 0 Å². The Kier molecular flexibility index (Phi) is 4.35. The molecular formula is C27H25BiN3O+. The van der Waals surface area contributed by atoms with Gasteiger partial charge in [0.05, 0.1) is 0 Å². The fourth-order valence-corrected chi connectivity index (χ4v) is 6.28. The molecule has 0 amide bonds. The third-order valence-electron chi connectivity index (χ3n) is 6.75. The Morgan fingerprint density at radius 2 is 1.69 bits per heavy atom. The van der Waals surface area contributed by atoms with Crippen LogP contribution in [0.4, 0.5) is 0 Å². The molecule has 3 aromatic heterocycles. The van der Waals surface area contributed by atoms with E-state index in [9.17, 15) is 0 Å². The molecule has 0 saturated heterocycles. The molecule has 3 aromatic carbocycles. The predicted octanol–water partition coefficient (Wildman–Crippen LogP) is 3.83. The second-order valence-corrected chi connectivity index (χ2v) is 11.1. The normalized spacial score (nSPS) is 11.9. The van der Waals surface area contributed by atoms with E-state index in [0.717, 1.165) is 36.0 Å². The maximum absolute atomic E-state index is 5.74. The van der Waals surface area contributed by atoms with Crippen LogP contribution in [0.15, 0.2) is 66.9 Å². The maximum atomic E-state index is 5.74. The summed E-state index contributed by atoms with van der Waals surface area (Å²) in [6.07, 6.45) is 2.17. The van der Waals surface area contributed by atoms with Crippen molar-refractivity contribution in [3.8, 4) is 11.6 Å². The fourth-order valence-electron chi connectivity index (χ4n) is 5.26. The van der Waals surface area contributed by atoms with Crippen LogP contribution in [0, 0.1) is 6.92 Å². The molecule has 0 spiro atoms. The van der Waals surface area contributed by atoms with Crippen molar-refractivity contribution < 1.29 is 9.30 Å². The molecule has 0 aliphatic heterocycles. The van der Waals surface area contributed by atoms with Gasteiger partial charge in [-0.25, -0.2) is 0 Å². The second kappa shape index (κ2) is 7.05. The van der Waals surface area contributed by atoms with Gasteiger partial charge in [0.2, 0.25) is 0 Å². The van der Waals surface area contributed by atoms with Crippen LogP contribution in [0.1, 0.15) is 5.56 Å². The molecule has 6 aromatic rings. The predicted molar refractivity (Wildman–Crippen MR) is 135 cm³/mol. The van der Waals surface area contributed by atoms with E-state index in [2.05, 4.69) is 102 Å². The Morgan fingerprint density at radius 1 is 0.875 bits per heavy atom. The Bertz CT molecular complexity index is 1710. The summed E-state index contributed by atoms with van der Waals surface area (Å²) in [7, 11) is 6.05. The minimum atomic E-state index is 0.805. The zero-order chi connectivity index (χ0) is 22.1. The molecule has 0 radical (unpaired) electrons. The SMILES string of the molecule is COc1ccc2c3c[c]([BiH2])ccc3n(-c3c4c5ccccc5n(C)c4cc[n+]3C)c2c1C. The Labute approximate surface area is 201 Å². The van der Waals surface area contributed by atoms with E-state index in [-0.39, 0.29) is 0 Å². The molecule has 5 heteroatoms. The first kappa shape index (κ1) is 19.8. The van der Waals surface area contributed by atoms with Crippen LogP contribution in [0.2, 0.25) is 0 Å². The average molecular weight is 616 g/mol. The molecule has 0 atom stereocenters. The first-order valence-corrected chi connectivity index (χ1v) is 13.0. The van der Waals surface area contributed by atoms with E-state index in [4.69, 9.17) is 4.74 Å². The average Bonchev–Trinajstić information content (AvgIpc) is 3.27. The number of aromatic nitrogens is 3. The number of aryl methyl sites for hydroxylation is 3. The molecule has 0 aliphatic carbocycles. The van der Waals surface area contributed by atoms with Gasteiger partial charge in [-0.3, -0.25) is 0 Å². The zero-order valence-corrected chi connectivity index (χ0v) is 23.2. The molecule has 3 heterocycles. The third kappa shape index (κ3) is 2.55. The van der Waals surface area contributed by atoms with Crippen LogP contribution >= 0.6 is 0 Å². The molecule has 4 nitrogen and oxygen atoms in total. The topological polar surface area (TPSA) is 23.0 Å². The van der Waals surface area contributed by atoms with Crippen molar-refractivity contribution in [1.82, 2.24) is 9.13 Å². The number of fused-ring (bicyclic) bond motifs is 6. The number of hydrogen-bond donors (Lipinski definition) is 0. The van der Waals surface area contributed by atoms with Gasteiger partial charge in [-0.05, 0) is 0 Å². The van der Waals surface area contributed by atoms with Gasteiger partial charge in [0.1, 0.15) is 0 Å². The number of para-hydroxylation sites is 1. The van der Waals surface area contributed by atoms with Crippen molar-refractivity contribution in [3.05, 3.63) is 72.4 Å². The molecular weight excluding hydrogens is 591 g/mol. The van der Waals surface area contributed by atoms with Crippen LogP contribution < -0.4 is 12.6 Å². The zero-order valence-electron chi connectivity index (χ0n) is 18.7. The van der Waals surface area contributed by atoms with E-state index in [1.807, 2.05) is 0 Å². The van der Waals surface area contributed by atoms with Crippen molar-refractivity contribution in [2.75, 3.05) is 7.11 Å². The quantitative estimate of drug-likeness (QED) is 0.215. The minimum absolute atomic E-state index is 0.805. The number of rotatable bonds is 2. The first-order valence-electron chi connectivity index (χ1n) is 10.7. The van der Waals surface area contributed by atoms with Crippen molar-refractivity contribution in [2.24, 2.45) is 14.1 Å². The van der Waals surface area contributed by atoms with Crippen molar-refractivity contribution in [1.29, 1.82) is 0 Å². The molecule has 0 saturated carbocycles. The number of benzene rings is 3. The van der Waals surface area contributed by atoms with Gasteiger partial charge in [-0.15, -0.1) is 0 Å². The Balaban J connectivity index is 1.92. The Morgan fingerprint density at radius 3 is 2.50 bits per heavy atom. The molecule has 0 fully saturated rings. The molecule has 32 heavy (non-hydrogen) atoms. The van der Waals surface area contributed by atoms with Crippen molar-refractivity contribution >= 4 is 71.6 Å². The number of nitrogens with zero attached hydrogens (tertiary/aromatic N) is 3. The monoisotopic (exact) mass is 616 g/mol. The van der Waals surface area contributed by atoms with Gasteiger partial charge >= 0.3 is 202 Å². The van der Waals surface area contributed by atoms with Crippen LogP contribution in [0.25, 0.3) is 49.4 Å². The van der Waals surface area contributed by atoms with Crippen molar-refractivity contribution in [2.45, 2.75) is 6.92 Å². The summed E-state index contributed by atoms with van der Waals surface area (Å²) in [6, 6.07) is 22.2. The van der Waals surface area contributed by atoms with E-state index in [1.165, 1.54) is 52.7 Å². The standard InChI is InChI=1S/C27H23N3O.Bi.2H/c1-17-24(31-4)14-13-19-18-9-5-8-12-22(18)30(26(17)19)27-25-20-10-6-7-11-21(20)29(3)23(25)15-16-28(27)2;;;/h6-16H,1-4H3;;;/q+1;;;. The summed E-state index contributed by atoms with van der Waals surface area (Å²) < 4.78 is 14.2. The van der Waals surface area contributed by atoms with Gasteiger partial charge in [0.15, 0.2) is 0 Å². The fraction of sp³-hybridized carbons (Fsp3) is 0.148. The molecule has 0 bridgehead atoms. The van der Waals surface area contributed by atoms with Crippen LogP contribution in [-0.4, -0.2) is 41.0 Å². The van der Waals surface area contributed by atoms with Crippen LogP contribution in [-0.2, 0) is 14.1 Å². The summed E-state index contributed by atoms with van der Waals surface area (Å²) in [6.45, 7) is 2.17. The summed E-state index contributed by atoms with van der Waals surface area (Å²) in [5.41, 5.74) is 6.09. The molecule has 0 aliphatic rings. The summed E-state index contributed by atoms with van der Waals surface area (Å²) >= 11 is 0.805. The van der Waals surface area contributed by atoms with E-state index in [0.29, 0.717) is 0 Å². The van der Waals surface area contributed by atoms with E-state index >= 15 is 0 Å². The molecule has 158 valence electrons. The Hall–Kier alpha value is -2.91. The summed E-state index contributed by atoms with van der Waals surface area (Å²) in [4.78, 5) is 0. The van der Waals surface area contributed by atoms with Gasteiger partial charge in [0.25, 0.3) is 0 Å². The number of pyridine rings is 1. The molecule has 0 N–H and O–H groups in total. The van der Waals surface area contributed by atoms with Crippen LogP contribution in [0.3, 0.4) is 0 Å².